The molecule has 0 saturated carbocycles. The van der Waals surface area contributed by atoms with E-state index in [0.717, 1.165) is 30.3 Å². The average molecular weight is 285 g/mol. The minimum atomic E-state index is 0.535. The van der Waals surface area contributed by atoms with Crippen LogP contribution in [0.4, 0.5) is 5.69 Å². The second-order valence-corrected chi connectivity index (χ2v) is 4.65. The average Bonchev–Trinajstić information content (AvgIpc) is 2.55. The maximum absolute atomic E-state index is 5.88. The Morgan fingerprint density at radius 2 is 1.38 bits per heavy atom. The van der Waals surface area contributed by atoms with E-state index in [0.29, 0.717) is 13.2 Å². The fraction of sp³-hybridized carbons (Fsp3) is 0.333. The van der Waals surface area contributed by atoms with Crippen molar-refractivity contribution in [1.82, 2.24) is 0 Å². The molecule has 0 radical (unpaired) electrons. The van der Waals surface area contributed by atoms with Crippen molar-refractivity contribution in [3.63, 3.8) is 0 Å². The smallest absolute Gasteiger partial charge is 0.142 e. The van der Waals surface area contributed by atoms with E-state index in [-0.39, 0.29) is 0 Å². The zero-order chi connectivity index (χ0) is 14.9. The van der Waals surface area contributed by atoms with Gasteiger partial charge in [0.2, 0.25) is 0 Å². The highest BCUT2D eigenvalue weighted by molar-refractivity contribution is 5.58. The fourth-order valence-electron chi connectivity index (χ4n) is 2.23. The molecule has 0 atom stereocenters. The van der Waals surface area contributed by atoms with Crippen LogP contribution in [0, 0.1) is 0 Å². The van der Waals surface area contributed by atoms with E-state index in [1.54, 1.807) is 0 Å². The van der Waals surface area contributed by atoms with Crippen molar-refractivity contribution in [2.24, 2.45) is 0 Å². The van der Waals surface area contributed by atoms with Gasteiger partial charge in [0.15, 0.2) is 0 Å². The molecule has 0 spiro atoms. The first-order valence-corrected chi connectivity index (χ1v) is 7.49. The number of benzene rings is 2. The molecule has 3 nitrogen and oxygen atoms in total. The second-order valence-electron chi connectivity index (χ2n) is 4.65. The molecule has 0 aliphatic rings. The van der Waals surface area contributed by atoms with E-state index < -0.39 is 0 Å². The molecule has 0 aromatic heterocycles. The first-order chi connectivity index (χ1) is 10.3. The van der Waals surface area contributed by atoms with Crippen LogP contribution in [0.1, 0.15) is 13.8 Å². The zero-order valence-corrected chi connectivity index (χ0v) is 12.8. The predicted octanol–water partition coefficient (Wildman–Crippen LogP) is 3.99. The highest BCUT2D eigenvalue weighted by Gasteiger charge is 2.08. The van der Waals surface area contributed by atoms with Gasteiger partial charge in [0.05, 0.1) is 5.69 Å². The molecule has 0 heterocycles. The lowest BCUT2D eigenvalue weighted by Gasteiger charge is -2.23. The Hall–Kier alpha value is -2.16. The van der Waals surface area contributed by atoms with Crippen LogP contribution in [0.25, 0.3) is 0 Å². The van der Waals surface area contributed by atoms with Gasteiger partial charge in [-0.1, -0.05) is 30.3 Å². The fourth-order valence-corrected chi connectivity index (χ4v) is 2.23. The van der Waals surface area contributed by atoms with Crippen molar-refractivity contribution in [1.29, 1.82) is 0 Å². The molecule has 0 aliphatic heterocycles. The molecule has 0 unspecified atom stereocenters. The summed E-state index contributed by atoms with van der Waals surface area (Å²) in [5, 5.41) is 0. The lowest BCUT2D eigenvalue weighted by molar-refractivity contribution is 0.217. The molecule has 3 heteroatoms. The van der Waals surface area contributed by atoms with Crippen molar-refractivity contribution in [2.75, 3.05) is 31.2 Å². The number of nitrogens with zero attached hydrogens (tertiary/aromatic N) is 1. The lowest BCUT2D eigenvalue weighted by Crippen LogP contribution is -2.23. The van der Waals surface area contributed by atoms with Crippen molar-refractivity contribution < 1.29 is 9.47 Å². The molecule has 2 aromatic rings. The Labute approximate surface area is 127 Å². The Morgan fingerprint density at radius 1 is 0.762 bits per heavy atom. The molecular weight excluding hydrogens is 262 g/mol. The summed E-state index contributed by atoms with van der Waals surface area (Å²) in [5.41, 5.74) is 1.14. The number of ether oxygens (including phenoxy) is 2. The summed E-state index contributed by atoms with van der Waals surface area (Å²) in [5.74, 6) is 1.79. The van der Waals surface area contributed by atoms with Gasteiger partial charge in [0.25, 0.3) is 0 Å². The van der Waals surface area contributed by atoms with E-state index in [1.165, 1.54) is 0 Å². The second kappa shape index (κ2) is 8.20. The molecule has 0 amide bonds. The summed E-state index contributed by atoms with van der Waals surface area (Å²) in [7, 11) is 0. The molecule has 0 aliphatic carbocycles. The van der Waals surface area contributed by atoms with Gasteiger partial charge in [-0.3, -0.25) is 0 Å². The number of para-hydroxylation sites is 3. The third-order valence-corrected chi connectivity index (χ3v) is 3.32. The van der Waals surface area contributed by atoms with Gasteiger partial charge >= 0.3 is 0 Å². The molecule has 0 bridgehead atoms. The van der Waals surface area contributed by atoms with E-state index in [1.807, 2.05) is 48.5 Å². The highest BCUT2D eigenvalue weighted by atomic mass is 16.5. The predicted molar refractivity (Wildman–Crippen MR) is 87.4 cm³/mol. The minimum absolute atomic E-state index is 0.535. The summed E-state index contributed by atoms with van der Waals surface area (Å²) in [6.07, 6.45) is 0. The van der Waals surface area contributed by atoms with E-state index in [4.69, 9.17) is 9.47 Å². The third-order valence-electron chi connectivity index (χ3n) is 3.32. The minimum Gasteiger partial charge on any atom is -0.490 e. The molecule has 2 aromatic carbocycles. The maximum Gasteiger partial charge on any atom is 0.142 e. The Kier molecular flexibility index (Phi) is 5.95. The van der Waals surface area contributed by atoms with Gasteiger partial charge < -0.3 is 14.4 Å². The van der Waals surface area contributed by atoms with Crippen LogP contribution < -0.4 is 14.4 Å². The van der Waals surface area contributed by atoms with Crippen molar-refractivity contribution in [2.45, 2.75) is 13.8 Å². The highest BCUT2D eigenvalue weighted by Crippen LogP contribution is 2.27. The Balaban J connectivity index is 1.88. The summed E-state index contributed by atoms with van der Waals surface area (Å²) in [4.78, 5) is 2.29. The normalized spacial score (nSPS) is 10.2. The van der Waals surface area contributed by atoms with Gasteiger partial charge in [-0.15, -0.1) is 0 Å². The van der Waals surface area contributed by atoms with Gasteiger partial charge in [0, 0.05) is 13.1 Å². The zero-order valence-electron chi connectivity index (χ0n) is 12.8. The molecule has 0 N–H and O–H groups in total. The van der Waals surface area contributed by atoms with Crippen LogP contribution in [0.3, 0.4) is 0 Å². The summed E-state index contributed by atoms with van der Waals surface area (Å²) in [6.45, 7) is 7.32. The topological polar surface area (TPSA) is 21.7 Å². The van der Waals surface area contributed by atoms with E-state index in [2.05, 4.69) is 24.8 Å². The van der Waals surface area contributed by atoms with Crippen LogP contribution in [0.5, 0.6) is 11.5 Å². The van der Waals surface area contributed by atoms with Gasteiger partial charge in [-0.05, 0) is 38.1 Å². The Morgan fingerprint density at radius 3 is 2.10 bits per heavy atom. The summed E-state index contributed by atoms with van der Waals surface area (Å²) in [6, 6.07) is 18.0. The number of hydrogen-bond donors (Lipinski definition) is 0. The standard InChI is InChI=1S/C18H23NO2/c1-3-19(4-2)17-12-8-9-13-18(17)21-15-14-20-16-10-6-5-7-11-16/h5-13H,3-4,14-15H2,1-2H3. The third kappa shape index (κ3) is 4.42. The molecule has 112 valence electrons. The van der Waals surface area contributed by atoms with Crippen LogP contribution >= 0.6 is 0 Å². The van der Waals surface area contributed by atoms with E-state index >= 15 is 0 Å². The molecule has 0 fully saturated rings. The van der Waals surface area contributed by atoms with E-state index in [9.17, 15) is 0 Å². The number of rotatable bonds is 8. The lowest BCUT2D eigenvalue weighted by atomic mass is 10.2. The quantitative estimate of drug-likeness (QED) is 0.684. The largest absolute Gasteiger partial charge is 0.490 e. The number of anilines is 1. The maximum atomic E-state index is 5.88. The van der Waals surface area contributed by atoms with Crippen molar-refractivity contribution in [3.8, 4) is 11.5 Å². The van der Waals surface area contributed by atoms with Gasteiger partial charge in [-0.2, -0.15) is 0 Å². The summed E-state index contributed by atoms with van der Waals surface area (Å²) < 4.78 is 11.5. The van der Waals surface area contributed by atoms with Crippen molar-refractivity contribution >= 4 is 5.69 Å². The number of hydrogen-bond acceptors (Lipinski definition) is 3. The first kappa shape index (κ1) is 15.2. The monoisotopic (exact) mass is 285 g/mol. The molecule has 2 rings (SSSR count). The van der Waals surface area contributed by atoms with Crippen LogP contribution in [0.2, 0.25) is 0 Å². The van der Waals surface area contributed by atoms with Crippen LogP contribution in [-0.2, 0) is 0 Å². The van der Waals surface area contributed by atoms with Crippen molar-refractivity contribution in [3.05, 3.63) is 54.6 Å². The van der Waals surface area contributed by atoms with Gasteiger partial charge in [0.1, 0.15) is 24.7 Å². The van der Waals surface area contributed by atoms with Crippen LogP contribution in [0.15, 0.2) is 54.6 Å². The van der Waals surface area contributed by atoms with Crippen LogP contribution in [-0.4, -0.2) is 26.3 Å². The Bertz CT molecular complexity index is 524. The first-order valence-electron chi connectivity index (χ1n) is 7.49. The molecule has 0 saturated heterocycles. The SMILES string of the molecule is CCN(CC)c1ccccc1OCCOc1ccccc1. The molecular formula is C18H23NO2. The molecule has 21 heavy (non-hydrogen) atoms. The summed E-state index contributed by atoms with van der Waals surface area (Å²) >= 11 is 0. The van der Waals surface area contributed by atoms with Gasteiger partial charge in [-0.25, -0.2) is 0 Å².